The first-order chi connectivity index (χ1) is 8.80. The molecule has 0 fully saturated rings. The van der Waals surface area contributed by atoms with E-state index in [2.05, 4.69) is 25.0 Å². The predicted octanol–water partition coefficient (Wildman–Crippen LogP) is 3.31. The van der Waals surface area contributed by atoms with Crippen LogP contribution < -0.4 is 0 Å². The average molecular weight is 237 g/mol. The van der Waals surface area contributed by atoms with Gasteiger partial charge in [-0.3, -0.25) is 0 Å². The summed E-state index contributed by atoms with van der Waals surface area (Å²) in [7, 11) is 0. The van der Waals surface area contributed by atoms with Crippen molar-refractivity contribution in [2.45, 2.75) is 0 Å². The van der Waals surface area contributed by atoms with E-state index in [0.29, 0.717) is 12.4 Å². The Balaban J connectivity index is 2.60. The third kappa shape index (κ3) is 4.54. The van der Waals surface area contributed by atoms with Gasteiger partial charge in [-0.1, -0.05) is 43.2 Å². The van der Waals surface area contributed by atoms with Gasteiger partial charge in [0, 0.05) is 11.8 Å². The minimum absolute atomic E-state index is 0.292. The maximum atomic E-state index is 7.16. The molecule has 18 heavy (non-hydrogen) atoms. The number of hydrogen-bond donors (Lipinski definition) is 1. The summed E-state index contributed by atoms with van der Waals surface area (Å²) in [5, 5.41) is 7.16. The lowest BCUT2D eigenvalue weighted by Gasteiger charge is -2.00. The summed E-state index contributed by atoms with van der Waals surface area (Å²) in [5.41, 5.74) is 1.70. The molecule has 0 saturated carbocycles. The second kappa shape index (κ2) is 7.70. The lowest BCUT2D eigenvalue weighted by Crippen LogP contribution is -1.89. The Bertz CT molecular complexity index is 530. The average Bonchev–Trinajstić information content (AvgIpc) is 2.42. The maximum Gasteiger partial charge on any atom is 0.149 e. The fraction of sp³-hybridized carbons (Fsp3) is 0.0625. The summed E-state index contributed by atoms with van der Waals surface area (Å²) in [6, 6.07) is 7.48. The first-order valence-electron chi connectivity index (χ1n) is 5.47. The van der Waals surface area contributed by atoms with E-state index in [1.54, 1.807) is 18.2 Å². The van der Waals surface area contributed by atoms with Crippen molar-refractivity contribution in [3.63, 3.8) is 0 Å². The van der Waals surface area contributed by atoms with Crippen LogP contribution in [-0.4, -0.2) is 12.8 Å². The monoisotopic (exact) mass is 237 g/mol. The Kier molecular flexibility index (Phi) is 5.79. The second-order valence-electron chi connectivity index (χ2n) is 3.37. The van der Waals surface area contributed by atoms with Crippen LogP contribution in [0, 0.1) is 17.3 Å². The molecule has 0 aliphatic rings. The van der Waals surface area contributed by atoms with Crippen LogP contribution in [-0.2, 0) is 4.74 Å². The Hall–Kier alpha value is -2.53. The van der Waals surface area contributed by atoms with E-state index in [4.69, 9.17) is 10.1 Å². The van der Waals surface area contributed by atoms with Gasteiger partial charge >= 0.3 is 0 Å². The van der Waals surface area contributed by atoms with E-state index >= 15 is 0 Å². The van der Waals surface area contributed by atoms with Gasteiger partial charge in [0.1, 0.15) is 12.4 Å². The van der Waals surface area contributed by atoms with Gasteiger partial charge in [-0.15, -0.1) is 0 Å². The molecule has 1 aromatic carbocycles. The minimum Gasteiger partial charge on any atom is -0.481 e. The van der Waals surface area contributed by atoms with Gasteiger partial charge in [0.05, 0.1) is 0 Å². The van der Waals surface area contributed by atoms with E-state index < -0.39 is 0 Å². The standard InChI is InChI=1S/C16H15NO/c1-3-7-16(4-2)18-11-6-10-14-8-5-9-15(12-14)13-17/h3-5,7-9,12-13,17H,1-2,11H2/b16-7+,17-13?. The molecule has 0 spiro atoms. The molecule has 0 aromatic heterocycles. The SMILES string of the molecule is C=C/C=C(\C=C)OCC#Cc1cccc(C=N)c1. The predicted molar refractivity (Wildman–Crippen MR) is 75.6 cm³/mol. The summed E-state index contributed by atoms with van der Waals surface area (Å²) in [6.45, 7) is 7.50. The van der Waals surface area contributed by atoms with Crippen LogP contribution in [0.2, 0.25) is 0 Å². The first kappa shape index (κ1) is 13.5. The zero-order chi connectivity index (χ0) is 13.2. The van der Waals surface area contributed by atoms with Gasteiger partial charge in [0.2, 0.25) is 0 Å². The molecule has 90 valence electrons. The zero-order valence-electron chi connectivity index (χ0n) is 10.1. The summed E-state index contributed by atoms with van der Waals surface area (Å²) in [4.78, 5) is 0. The smallest absolute Gasteiger partial charge is 0.149 e. The summed E-state index contributed by atoms with van der Waals surface area (Å²) < 4.78 is 5.36. The zero-order valence-corrected chi connectivity index (χ0v) is 10.1. The fourth-order valence-electron chi connectivity index (χ4n) is 1.26. The van der Waals surface area contributed by atoms with Gasteiger partial charge in [0.15, 0.2) is 0 Å². The van der Waals surface area contributed by atoms with Crippen molar-refractivity contribution in [3.8, 4) is 11.8 Å². The number of hydrogen-bond acceptors (Lipinski definition) is 2. The number of ether oxygens (including phenoxy) is 1. The van der Waals surface area contributed by atoms with Crippen molar-refractivity contribution in [2.24, 2.45) is 0 Å². The summed E-state index contributed by atoms with van der Waals surface area (Å²) >= 11 is 0. The number of benzene rings is 1. The van der Waals surface area contributed by atoms with Crippen LogP contribution in [0.4, 0.5) is 0 Å². The largest absolute Gasteiger partial charge is 0.481 e. The topological polar surface area (TPSA) is 33.1 Å². The molecule has 0 heterocycles. The van der Waals surface area contributed by atoms with Crippen LogP contribution >= 0.6 is 0 Å². The van der Waals surface area contributed by atoms with Crippen LogP contribution in [0.15, 0.2) is 61.4 Å². The molecule has 0 aliphatic heterocycles. The van der Waals surface area contributed by atoms with Crippen molar-refractivity contribution >= 4 is 6.21 Å². The molecule has 0 saturated heterocycles. The Morgan fingerprint density at radius 3 is 2.89 bits per heavy atom. The van der Waals surface area contributed by atoms with Crippen LogP contribution in [0.5, 0.6) is 0 Å². The highest BCUT2D eigenvalue weighted by molar-refractivity contribution is 5.77. The van der Waals surface area contributed by atoms with Crippen LogP contribution in [0.1, 0.15) is 11.1 Å². The Labute approximate surface area is 108 Å². The quantitative estimate of drug-likeness (QED) is 0.362. The molecule has 0 radical (unpaired) electrons. The van der Waals surface area contributed by atoms with Crippen molar-refractivity contribution in [2.75, 3.05) is 6.61 Å². The highest BCUT2D eigenvalue weighted by atomic mass is 16.5. The van der Waals surface area contributed by atoms with E-state index in [1.807, 2.05) is 24.3 Å². The summed E-state index contributed by atoms with van der Waals surface area (Å²) in [5.74, 6) is 6.53. The number of allylic oxidation sites excluding steroid dienone is 3. The Morgan fingerprint density at radius 1 is 1.39 bits per heavy atom. The fourth-order valence-corrected chi connectivity index (χ4v) is 1.26. The lowest BCUT2D eigenvalue weighted by atomic mass is 10.1. The van der Waals surface area contributed by atoms with E-state index in [9.17, 15) is 0 Å². The second-order valence-corrected chi connectivity index (χ2v) is 3.37. The molecule has 1 N–H and O–H groups in total. The van der Waals surface area contributed by atoms with Crippen molar-refractivity contribution in [1.29, 1.82) is 5.41 Å². The molecule has 0 bridgehead atoms. The van der Waals surface area contributed by atoms with Crippen molar-refractivity contribution < 1.29 is 4.74 Å². The van der Waals surface area contributed by atoms with Crippen LogP contribution in [0.25, 0.3) is 0 Å². The molecule has 2 nitrogen and oxygen atoms in total. The minimum atomic E-state index is 0.292. The van der Waals surface area contributed by atoms with Gasteiger partial charge < -0.3 is 10.1 Å². The molecule has 0 amide bonds. The van der Waals surface area contributed by atoms with E-state index in [-0.39, 0.29) is 0 Å². The van der Waals surface area contributed by atoms with E-state index in [1.165, 1.54) is 6.21 Å². The van der Waals surface area contributed by atoms with Gasteiger partial charge in [-0.05, 0) is 29.8 Å². The number of rotatable bonds is 5. The third-order valence-electron chi connectivity index (χ3n) is 2.08. The third-order valence-corrected chi connectivity index (χ3v) is 2.08. The maximum absolute atomic E-state index is 7.16. The van der Waals surface area contributed by atoms with Crippen LogP contribution in [0.3, 0.4) is 0 Å². The van der Waals surface area contributed by atoms with Crippen molar-refractivity contribution in [3.05, 3.63) is 72.5 Å². The first-order valence-corrected chi connectivity index (χ1v) is 5.47. The molecule has 0 atom stereocenters. The lowest BCUT2D eigenvalue weighted by molar-refractivity contribution is 0.268. The molecule has 1 rings (SSSR count). The molecular weight excluding hydrogens is 222 g/mol. The molecule has 0 unspecified atom stereocenters. The number of nitrogens with one attached hydrogen (secondary N) is 1. The molecule has 1 aromatic rings. The van der Waals surface area contributed by atoms with Crippen molar-refractivity contribution in [1.82, 2.24) is 0 Å². The highest BCUT2D eigenvalue weighted by Crippen LogP contribution is 2.01. The van der Waals surface area contributed by atoms with Gasteiger partial charge in [0.25, 0.3) is 0 Å². The summed E-state index contributed by atoms with van der Waals surface area (Å²) in [6.07, 6.45) is 6.27. The van der Waals surface area contributed by atoms with Gasteiger partial charge in [-0.25, -0.2) is 0 Å². The van der Waals surface area contributed by atoms with Gasteiger partial charge in [-0.2, -0.15) is 0 Å². The normalized spacial score (nSPS) is 9.89. The highest BCUT2D eigenvalue weighted by Gasteiger charge is 1.90. The molecular formula is C16H15NO. The molecule has 2 heteroatoms. The molecule has 0 aliphatic carbocycles. The van der Waals surface area contributed by atoms with E-state index in [0.717, 1.165) is 11.1 Å². The Morgan fingerprint density at radius 2 is 2.22 bits per heavy atom.